The fourth-order valence-corrected chi connectivity index (χ4v) is 4.20. The van der Waals surface area contributed by atoms with Gasteiger partial charge in [-0.25, -0.2) is 8.42 Å². The topological polar surface area (TPSA) is 86.3 Å². The molecule has 0 radical (unpaired) electrons. The van der Waals surface area contributed by atoms with E-state index in [4.69, 9.17) is 0 Å². The Morgan fingerprint density at radius 2 is 2.00 bits per heavy atom. The highest BCUT2D eigenvalue weighted by Gasteiger charge is 2.19. The number of benzene rings is 2. The molecule has 7 heteroatoms. The molecule has 0 aromatic heterocycles. The van der Waals surface area contributed by atoms with Crippen LogP contribution in [-0.4, -0.2) is 20.1 Å². The minimum absolute atomic E-state index is 0.0901. The average molecular weight is 362 g/mol. The van der Waals surface area contributed by atoms with Crippen LogP contribution in [0.3, 0.4) is 0 Å². The fraction of sp³-hybridized carbons (Fsp3) is 0.118. The van der Waals surface area contributed by atoms with E-state index in [9.17, 15) is 18.3 Å². The molecule has 126 valence electrons. The predicted octanol–water partition coefficient (Wildman–Crippen LogP) is 2.44. The van der Waals surface area contributed by atoms with Gasteiger partial charge in [0.05, 0.1) is 16.6 Å². The normalized spacial score (nSPS) is 11.0. The lowest BCUT2D eigenvalue weighted by Crippen LogP contribution is -2.23. The summed E-state index contributed by atoms with van der Waals surface area (Å²) in [6, 6.07) is 10.9. The van der Waals surface area contributed by atoms with E-state index in [2.05, 4.69) is 11.3 Å². The molecule has 0 saturated carbocycles. The van der Waals surface area contributed by atoms with Crippen molar-refractivity contribution >= 4 is 33.4 Å². The van der Waals surface area contributed by atoms with Crippen LogP contribution in [0.1, 0.15) is 15.9 Å². The third-order valence-electron chi connectivity index (χ3n) is 3.20. The molecule has 0 atom stereocenters. The average Bonchev–Trinajstić information content (AvgIpc) is 2.53. The van der Waals surface area contributed by atoms with Crippen molar-refractivity contribution in [3.05, 3.63) is 66.2 Å². The van der Waals surface area contributed by atoms with Crippen LogP contribution >= 0.6 is 11.8 Å². The highest BCUT2D eigenvalue weighted by Crippen LogP contribution is 2.29. The Morgan fingerprint density at radius 1 is 1.29 bits per heavy atom. The zero-order chi connectivity index (χ0) is 17.7. The third-order valence-corrected chi connectivity index (χ3v) is 5.78. The fourth-order valence-electron chi connectivity index (χ4n) is 2.04. The molecular weight excluding hydrogens is 346 g/mol. The first kappa shape index (κ1) is 18.1. The second-order valence-corrected chi connectivity index (χ2v) is 7.68. The SMILES string of the molecule is C=CCSc1ccccc1NS(=O)(=O)c1cc(C(=O)[O-])ccc1C. The number of carboxylic acid groups (broad SMARTS) is 1. The predicted molar refractivity (Wildman–Crippen MR) is 93.7 cm³/mol. The summed E-state index contributed by atoms with van der Waals surface area (Å²) in [5, 5.41) is 11.0. The summed E-state index contributed by atoms with van der Waals surface area (Å²) >= 11 is 1.45. The van der Waals surface area contributed by atoms with Crippen LogP contribution in [0.4, 0.5) is 5.69 Å². The molecule has 0 unspecified atom stereocenters. The molecule has 0 fully saturated rings. The lowest BCUT2D eigenvalue weighted by atomic mass is 10.1. The van der Waals surface area contributed by atoms with E-state index >= 15 is 0 Å². The number of rotatable bonds is 7. The molecule has 0 heterocycles. The summed E-state index contributed by atoms with van der Waals surface area (Å²) in [6.07, 6.45) is 1.73. The number of carbonyl (C=O) groups is 1. The number of hydrogen-bond acceptors (Lipinski definition) is 5. The van der Waals surface area contributed by atoms with E-state index in [0.29, 0.717) is 17.0 Å². The van der Waals surface area contributed by atoms with Gasteiger partial charge in [-0.1, -0.05) is 30.3 Å². The second-order valence-electron chi connectivity index (χ2n) is 4.97. The number of carboxylic acids is 1. The largest absolute Gasteiger partial charge is 0.545 e. The van der Waals surface area contributed by atoms with E-state index < -0.39 is 16.0 Å². The van der Waals surface area contributed by atoms with Crippen molar-refractivity contribution in [2.24, 2.45) is 0 Å². The maximum absolute atomic E-state index is 12.7. The van der Waals surface area contributed by atoms with Gasteiger partial charge in [0.25, 0.3) is 10.0 Å². The van der Waals surface area contributed by atoms with E-state index in [1.807, 2.05) is 6.07 Å². The maximum Gasteiger partial charge on any atom is 0.262 e. The molecule has 5 nitrogen and oxygen atoms in total. The zero-order valence-electron chi connectivity index (χ0n) is 13.0. The lowest BCUT2D eigenvalue weighted by Gasteiger charge is -2.14. The molecule has 0 spiro atoms. The van der Waals surface area contributed by atoms with Gasteiger partial charge in [-0.15, -0.1) is 18.3 Å². The number of carbonyl (C=O) groups excluding carboxylic acids is 1. The van der Waals surface area contributed by atoms with Crippen LogP contribution in [0.5, 0.6) is 0 Å². The van der Waals surface area contributed by atoms with Gasteiger partial charge in [-0.05, 0) is 36.2 Å². The molecule has 0 amide bonds. The van der Waals surface area contributed by atoms with E-state index in [1.54, 1.807) is 31.2 Å². The van der Waals surface area contributed by atoms with Crippen molar-refractivity contribution in [2.45, 2.75) is 16.7 Å². The van der Waals surface area contributed by atoms with Crippen molar-refractivity contribution in [1.29, 1.82) is 0 Å². The molecule has 2 rings (SSSR count). The second kappa shape index (κ2) is 7.55. The monoisotopic (exact) mass is 362 g/mol. The molecule has 2 aromatic carbocycles. The van der Waals surface area contributed by atoms with Crippen molar-refractivity contribution in [2.75, 3.05) is 10.5 Å². The van der Waals surface area contributed by atoms with Crippen LogP contribution in [-0.2, 0) is 10.0 Å². The molecule has 24 heavy (non-hydrogen) atoms. The van der Waals surface area contributed by atoms with Gasteiger partial charge in [-0.3, -0.25) is 4.72 Å². The quantitative estimate of drug-likeness (QED) is 0.604. The first-order chi connectivity index (χ1) is 11.3. The van der Waals surface area contributed by atoms with E-state index in [0.717, 1.165) is 11.0 Å². The summed E-state index contributed by atoms with van der Waals surface area (Å²) < 4.78 is 27.9. The third kappa shape index (κ3) is 4.18. The van der Waals surface area contributed by atoms with Gasteiger partial charge < -0.3 is 9.90 Å². The van der Waals surface area contributed by atoms with Crippen LogP contribution in [0.15, 0.2) is 64.9 Å². The standard InChI is InChI=1S/C17H17NO4S2/c1-3-10-23-15-7-5-4-6-14(15)18-24(21,22)16-11-13(17(19)20)9-8-12(16)2/h3-9,11,18H,1,10H2,2H3,(H,19,20)/p-1. The first-order valence-corrected chi connectivity index (χ1v) is 9.49. The molecule has 0 bridgehead atoms. The van der Waals surface area contributed by atoms with Crippen molar-refractivity contribution in [3.8, 4) is 0 Å². The van der Waals surface area contributed by atoms with E-state index in [-0.39, 0.29) is 10.5 Å². The van der Waals surface area contributed by atoms with Gasteiger partial charge in [0, 0.05) is 10.6 Å². The number of anilines is 1. The molecule has 1 N–H and O–H groups in total. The number of aromatic carboxylic acids is 1. The summed E-state index contributed by atoms with van der Waals surface area (Å²) in [5.41, 5.74) is 0.696. The molecule has 0 saturated heterocycles. The Hall–Kier alpha value is -2.25. The van der Waals surface area contributed by atoms with Gasteiger partial charge in [0.15, 0.2) is 0 Å². The lowest BCUT2D eigenvalue weighted by molar-refractivity contribution is -0.255. The summed E-state index contributed by atoms with van der Waals surface area (Å²) in [7, 11) is -3.93. The summed E-state index contributed by atoms with van der Waals surface area (Å²) in [4.78, 5) is 11.7. The number of para-hydroxylation sites is 1. The van der Waals surface area contributed by atoms with Crippen LogP contribution in [0.2, 0.25) is 0 Å². The van der Waals surface area contributed by atoms with Crippen LogP contribution < -0.4 is 9.83 Å². The highest BCUT2D eigenvalue weighted by molar-refractivity contribution is 7.99. The van der Waals surface area contributed by atoms with Crippen molar-refractivity contribution < 1.29 is 18.3 Å². The van der Waals surface area contributed by atoms with Gasteiger partial charge >= 0.3 is 0 Å². The summed E-state index contributed by atoms with van der Waals surface area (Å²) in [6.45, 7) is 5.25. The Bertz CT molecular complexity index is 876. The number of nitrogens with one attached hydrogen (secondary N) is 1. The maximum atomic E-state index is 12.7. The Balaban J connectivity index is 2.41. The van der Waals surface area contributed by atoms with Crippen molar-refractivity contribution in [1.82, 2.24) is 0 Å². The smallest absolute Gasteiger partial charge is 0.262 e. The zero-order valence-corrected chi connectivity index (χ0v) is 14.6. The Kier molecular flexibility index (Phi) is 5.69. The molecule has 2 aromatic rings. The van der Waals surface area contributed by atoms with Crippen LogP contribution in [0.25, 0.3) is 0 Å². The number of thioether (sulfide) groups is 1. The minimum atomic E-state index is -3.93. The highest BCUT2D eigenvalue weighted by atomic mass is 32.2. The molecule has 0 aliphatic carbocycles. The van der Waals surface area contributed by atoms with Crippen LogP contribution in [0, 0.1) is 6.92 Å². The Morgan fingerprint density at radius 3 is 2.67 bits per heavy atom. The molecular formula is C17H16NO4S2-. The molecule has 0 aliphatic rings. The first-order valence-electron chi connectivity index (χ1n) is 7.02. The molecule has 0 aliphatic heterocycles. The minimum Gasteiger partial charge on any atom is -0.545 e. The Labute approximate surface area is 145 Å². The summed E-state index contributed by atoms with van der Waals surface area (Å²) in [5.74, 6) is -0.786. The van der Waals surface area contributed by atoms with Gasteiger partial charge in [-0.2, -0.15) is 0 Å². The van der Waals surface area contributed by atoms with Gasteiger partial charge in [0.2, 0.25) is 0 Å². The van der Waals surface area contributed by atoms with Gasteiger partial charge in [0.1, 0.15) is 0 Å². The number of sulfonamides is 1. The number of hydrogen-bond donors (Lipinski definition) is 1. The van der Waals surface area contributed by atoms with E-state index in [1.165, 1.54) is 23.9 Å². The van der Waals surface area contributed by atoms with Crippen molar-refractivity contribution in [3.63, 3.8) is 0 Å². The number of aryl methyl sites for hydroxylation is 1.